The highest BCUT2D eigenvalue weighted by Crippen LogP contribution is 2.40. The molecule has 1 aliphatic carbocycles. The molecule has 0 radical (unpaired) electrons. The van der Waals surface area contributed by atoms with Crippen molar-refractivity contribution in [2.75, 3.05) is 34.8 Å². The molecule has 0 aromatic carbocycles. The molecule has 0 unspecified atom stereocenters. The summed E-state index contributed by atoms with van der Waals surface area (Å²) in [4.78, 5) is 29.0. The van der Waals surface area contributed by atoms with Gasteiger partial charge < -0.3 is 15.0 Å². The van der Waals surface area contributed by atoms with Crippen LogP contribution in [0.3, 0.4) is 0 Å². The van der Waals surface area contributed by atoms with Gasteiger partial charge in [-0.15, -0.1) is 29.9 Å². The van der Waals surface area contributed by atoms with E-state index in [1.165, 1.54) is 0 Å². The second-order valence-electron chi connectivity index (χ2n) is 8.08. The zero-order chi connectivity index (χ0) is 21.1. The smallest absolute Gasteiger partial charge is 0.416 e. The SMILES string of the molecule is Cl.Cl.O=C1OC2(CCC(CNc3nccc(N4C=NC=CC4)n3)CC2)CN1c1cccnn1. The molecule has 0 bridgehead atoms. The topological polar surface area (TPSA) is 109 Å². The predicted molar refractivity (Wildman–Crippen MR) is 131 cm³/mol. The number of aliphatic imine (C=N–C) groups is 1. The van der Waals surface area contributed by atoms with Crippen molar-refractivity contribution in [1.82, 2.24) is 20.2 Å². The molecule has 1 N–H and O–H groups in total. The number of halogens is 2. The van der Waals surface area contributed by atoms with Crippen LogP contribution in [0.1, 0.15) is 25.7 Å². The summed E-state index contributed by atoms with van der Waals surface area (Å²) in [6.07, 6.45) is 12.1. The van der Waals surface area contributed by atoms with Crippen molar-refractivity contribution in [1.29, 1.82) is 0 Å². The first kappa shape index (κ1) is 24.7. The molecule has 1 saturated carbocycles. The summed E-state index contributed by atoms with van der Waals surface area (Å²) in [5.41, 5.74) is -0.428. The Morgan fingerprint density at radius 2 is 2.00 bits per heavy atom. The van der Waals surface area contributed by atoms with Gasteiger partial charge in [-0.05, 0) is 55.9 Å². The van der Waals surface area contributed by atoms with Crippen LogP contribution in [0.2, 0.25) is 0 Å². The van der Waals surface area contributed by atoms with Crippen LogP contribution < -0.4 is 15.1 Å². The van der Waals surface area contributed by atoms with E-state index in [0.29, 0.717) is 24.2 Å². The fourth-order valence-electron chi connectivity index (χ4n) is 4.28. The zero-order valence-electron chi connectivity index (χ0n) is 17.9. The van der Waals surface area contributed by atoms with Crippen LogP contribution in [0.4, 0.5) is 22.4 Å². The van der Waals surface area contributed by atoms with Crippen LogP contribution >= 0.6 is 24.8 Å². The number of hydrogen-bond acceptors (Lipinski definition) is 9. The van der Waals surface area contributed by atoms with Gasteiger partial charge in [0.05, 0.1) is 12.9 Å². The first-order valence-electron chi connectivity index (χ1n) is 10.5. The van der Waals surface area contributed by atoms with Gasteiger partial charge in [-0.2, -0.15) is 10.1 Å². The van der Waals surface area contributed by atoms with Gasteiger partial charge in [-0.25, -0.2) is 14.8 Å². The Morgan fingerprint density at radius 3 is 2.73 bits per heavy atom. The van der Waals surface area contributed by atoms with E-state index in [0.717, 1.165) is 44.6 Å². The number of nitrogens with zero attached hydrogens (tertiary/aromatic N) is 7. The highest BCUT2D eigenvalue weighted by molar-refractivity contribution is 5.89. The van der Waals surface area contributed by atoms with E-state index in [1.54, 1.807) is 42.0 Å². The van der Waals surface area contributed by atoms with Gasteiger partial charge in [0.25, 0.3) is 0 Å². The number of ether oxygens (including phenoxy) is 1. The van der Waals surface area contributed by atoms with Crippen molar-refractivity contribution in [2.45, 2.75) is 31.3 Å². The van der Waals surface area contributed by atoms with Gasteiger partial charge in [0.2, 0.25) is 5.95 Å². The van der Waals surface area contributed by atoms with Crippen molar-refractivity contribution in [2.24, 2.45) is 10.9 Å². The molecule has 3 aliphatic rings. The van der Waals surface area contributed by atoms with E-state index >= 15 is 0 Å². The van der Waals surface area contributed by atoms with Gasteiger partial charge in [-0.1, -0.05) is 0 Å². The predicted octanol–water partition coefficient (Wildman–Crippen LogP) is 3.47. The number of rotatable bonds is 5. The molecule has 2 aliphatic heterocycles. The molecule has 2 aromatic heterocycles. The van der Waals surface area contributed by atoms with Crippen molar-refractivity contribution < 1.29 is 9.53 Å². The van der Waals surface area contributed by atoms with Crippen molar-refractivity contribution in [3.05, 3.63) is 42.9 Å². The van der Waals surface area contributed by atoms with Crippen LogP contribution in [0.5, 0.6) is 0 Å². The molecule has 33 heavy (non-hydrogen) atoms. The van der Waals surface area contributed by atoms with Crippen LogP contribution in [-0.2, 0) is 4.74 Å². The van der Waals surface area contributed by atoms with Crippen LogP contribution in [0.25, 0.3) is 0 Å². The van der Waals surface area contributed by atoms with E-state index in [2.05, 4.69) is 30.5 Å². The van der Waals surface area contributed by atoms with E-state index in [1.807, 2.05) is 17.0 Å². The highest BCUT2D eigenvalue weighted by atomic mass is 35.5. The Kier molecular flexibility index (Phi) is 8.04. The summed E-state index contributed by atoms with van der Waals surface area (Å²) in [5.74, 6) is 2.44. The summed E-state index contributed by atoms with van der Waals surface area (Å²) in [6.45, 7) is 2.06. The standard InChI is InChI=1S/C21H24N8O2.2ClH/c30-20-29(18-3-1-10-25-27-18)14-21(31-20)7-4-16(5-8-21)13-24-19-23-11-6-17(26-19)28-12-2-9-22-15-28;;/h1-3,6,9-11,15-16H,4-5,7-8,12-14H2,(H,23,24,26);2*1H. The van der Waals surface area contributed by atoms with Crippen LogP contribution in [0.15, 0.2) is 47.9 Å². The quantitative estimate of drug-likeness (QED) is 0.675. The molecule has 0 atom stereocenters. The molecular weight excluding hydrogens is 467 g/mol. The Bertz CT molecular complexity index is 999. The lowest BCUT2D eigenvalue weighted by molar-refractivity contribution is 0.0148. The Hall–Kier alpha value is -2.98. The molecule has 4 heterocycles. The minimum Gasteiger partial charge on any atom is -0.441 e. The third kappa shape index (κ3) is 5.51. The number of hydrogen-bond donors (Lipinski definition) is 1. The fourth-order valence-corrected chi connectivity index (χ4v) is 4.28. The van der Waals surface area contributed by atoms with E-state index in [9.17, 15) is 4.79 Å². The molecule has 2 aromatic rings. The third-order valence-corrected chi connectivity index (χ3v) is 6.01. The fraction of sp³-hybridized carbons (Fsp3) is 0.429. The van der Waals surface area contributed by atoms with Gasteiger partial charge in [0.1, 0.15) is 11.4 Å². The maximum absolute atomic E-state index is 12.4. The summed E-state index contributed by atoms with van der Waals surface area (Å²) in [6, 6.07) is 5.43. The summed E-state index contributed by atoms with van der Waals surface area (Å²) in [7, 11) is 0. The van der Waals surface area contributed by atoms with Gasteiger partial charge in [-0.3, -0.25) is 4.90 Å². The van der Waals surface area contributed by atoms with Crippen LogP contribution in [0, 0.1) is 5.92 Å². The lowest BCUT2D eigenvalue weighted by atomic mass is 9.78. The largest absolute Gasteiger partial charge is 0.441 e. The van der Waals surface area contributed by atoms with Crippen molar-refractivity contribution >= 4 is 54.8 Å². The normalized spacial score (nSPS) is 23.6. The van der Waals surface area contributed by atoms with Crippen molar-refractivity contribution in [3.8, 4) is 0 Å². The van der Waals surface area contributed by atoms with E-state index < -0.39 is 5.60 Å². The van der Waals surface area contributed by atoms with Gasteiger partial charge in [0.15, 0.2) is 5.82 Å². The monoisotopic (exact) mass is 492 g/mol. The molecule has 1 saturated heterocycles. The molecule has 10 nitrogen and oxygen atoms in total. The van der Waals surface area contributed by atoms with E-state index in [4.69, 9.17) is 4.74 Å². The summed E-state index contributed by atoms with van der Waals surface area (Å²) >= 11 is 0. The first-order chi connectivity index (χ1) is 15.2. The Morgan fingerprint density at radius 1 is 1.15 bits per heavy atom. The molecule has 1 spiro atoms. The third-order valence-electron chi connectivity index (χ3n) is 6.01. The molecule has 2 fully saturated rings. The molecule has 176 valence electrons. The second-order valence-corrected chi connectivity index (χ2v) is 8.08. The van der Waals surface area contributed by atoms with Crippen molar-refractivity contribution in [3.63, 3.8) is 0 Å². The number of carbonyl (C=O) groups is 1. The minimum atomic E-state index is -0.428. The lowest BCUT2D eigenvalue weighted by Gasteiger charge is -2.35. The maximum atomic E-state index is 12.4. The second kappa shape index (κ2) is 10.8. The maximum Gasteiger partial charge on any atom is 0.416 e. The van der Waals surface area contributed by atoms with Gasteiger partial charge in [0, 0.05) is 31.7 Å². The van der Waals surface area contributed by atoms with E-state index in [-0.39, 0.29) is 30.9 Å². The molecule has 5 rings (SSSR count). The summed E-state index contributed by atoms with van der Waals surface area (Å²) in [5, 5.41) is 11.3. The Balaban J connectivity index is 0.00000153. The average molecular weight is 493 g/mol. The number of nitrogens with one attached hydrogen (secondary N) is 1. The number of carbonyl (C=O) groups excluding carboxylic acids is 1. The average Bonchev–Trinajstić information content (AvgIpc) is 3.16. The summed E-state index contributed by atoms with van der Waals surface area (Å²) < 4.78 is 5.80. The molecule has 12 heteroatoms. The highest BCUT2D eigenvalue weighted by Gasteiger charge is 2.48. The molecule has 1 amide bonds. The van der Waals surface area contributed by atoms with Gasteiger partial charge >= 0.3 is 6.09 Å². The Labute approximate surface area is 204 Å². The number of anilines is 3. The lowest BCUT2D eigenvalue weighted by Crippen LogP contribution is -2.39. The minimum absolute atomic E-state index is 0. The number of aromatic nitrogens is 4. The zero-order valence-corrected chi connectivity index (χ0v) is 19.5. The first-order valence-corrected chi connectivity index (χ1v) is 10.5. The molecular formula is C21H26Cl2N8O2. The number of amides is 1. The van der Waals surface area contributed by atoms with Crippen LogP contribution in [-0.4, -0.2) is 57.8 Å².